The van der Waals surface area contributed by atoms with E-state index in [0.717, 1.165) is 0 Å². The first kappa shape index (κ1) is 25.4. The van der Waals surface area contributed by atoms with Crippen LogP contribution in [0.15, 0.2) is 48.6 Å². The van der Waals surface area contributed by atoms with Crippen LogP contribution in [-0.2, 0) is 14.4 Å². The maximum Gasteiger partial charge on any atom is 0.251 e. The Labute approximate surface area is 221 Å². The Morgan fingerprint density at radius 2 is 1.75 bits per heavy atom. The summed E-state index contributed by atoms with van der Waals surface area (Å²) in [5.41, 5.74) is 0.575. The molecule has 0 aliphatic carbocycles. The second-order valence-electron chi connectivity index (χ2n) is 10.7. The van der Waals surface area contributed by atoms with Crippen molar-refractivity contribution in [2.75, 3.05) is 31.6 Å². The highest BCUT2D eigenvalue weighted by atomic mass is 35.5. The summed E-state index contributed by atoms with van der Waals surface area (Å²) in [4.78, 5) is 47.4. The molecule has 4 aliphatic rings. The highest BCUT2D eigenvalue weighted by Crippen LogP contribution is 2.66. The van der Waals surface area contributed by atoms with E-state index in [1.165, 1.54) is 11.8 Å². The Morgan fingerprint density at radius 1 is 1.06 bits per heavy atom. The topological polar surface area (TPSA) is 81.2 Å². The third kappa shape index (κ3) is 3.48. The van der Waals surface area contributed by atoms with Crippen molar-refractivity contribution in [1.82, 2.24) is 9.80 Å². The number of likely N-dealkylation sites (N-methyl/N-ethyl adjacent to an activating group) is 1. The lowest BCUT2D eigenvalue weighted by molar-refractivity contribution is -0.145. The van der Waals surface area contributed by atoms with Crippen LogP contribution in [0.1, 0.15) is 20.8 Å². The molecule has 0 aromatic heterocycles. The maximum absolute atomic E-state index is 14.5. The first-order valence-corrected chi connectivity index (χ1v) is 13.6. The third-order valence-corrected chi connectivity index (χ3v) is 10.3. The van der Waals surface area contributed by atoms with Gasteiger partial charge in [0.15, 0.2) is 0 Å². The van der Waals surface area contributed by atoms with Gasteiger partial charge in [0.1, 0.15) is 6.04 Å². The summed E-state index contributed by atoms with van der Waals surface area (Å²) in [7, 11) is 1.75. The van der Waals surface area contributed by atoms with Crippen molar-refractivity contribution in [2.45, 2.75) is 42.3 Å². The first-order chi connectivity index (χ1) is 17.1. The van der Waals surface area contributed by atoms with E-state index in [-0.39, 0.29) is 30.2 Å². The number of hydrogen-bond acceptors (Lipinski definition) is 5. The fourth-order valence-corrected chi connectivity index (χ4v) is 8.83. The second-order valence-corrected chi connectivity index (χ2v) is 12.9. The highest BCUT2D eigenvalue weighted by Gasteiger charge is 2.74. The van der Waals surface area contributed by atoms with E-state index in [1.807, 2.05) is 57.2 Å². The molecule has 0 radical (unpaired) electrons. The fourth-order valence-electron chi connectivity index (χ4n) is 6.45. The molecule has 6 atom stereocenters. The molecule has 1 spiro atoms. The lowest BCUT2D eigenvalue weighted by atomic mass is 9.74. The summed E-state index contributed by atoms with van der Waals surface area (Å²) < 4.78 is -1.60. The minimum absolute atomic E-state index is 0.0904. The number of aliphatic hydroxyl groups excluding tert-OH is 1. The summed E-state index contributed by atoms with van der Waals surface area (Å²) in [6, 6.07) is 5.72. The molecule has 36 heavy (non-hydrogen) atoms. The average molecular weight is 530 g/mol. The van der Waals surface area contributed by atoms with Gasteiger partial charge in [-0.15, -0.1) is 11.8 Å². The van der Waals surface area contributed by atoms with Gasteiger partial charge >= 0.3 is 0 Å². The number of fused-ring (bicyclic) bond motifs is 2. The lowest BCUT2D eigenvalue weighted by Gasteiger charge is -2.41. The van der Waals surface area contributed by atoms with Crippen LogP contribution < -0.4 is 4.90 Å². The number of anilines is 1. The number of para-hydroxylation sites is 1. The minimum Gasteiger partial charge on any atom is -0.394 e. The number of rotatable bonds is 4. The summed E-state index contributed by atoms with van der Waals surface area (Å²) in [6.45, 7) is 6.37. The molecule has 4 heterocycles. The van der Waals surface area contributed by atoms with Crippen molar-refractivity contribution in [3.05, 3.63) is 53.6 Å². The van der Waals surface area contributed by atoms with Crippen LogP contribution in [0, 0.1) is 17.8 Å². The molecule has 1 N–H and O–H groups in total. The van der Waals surface area contributed by atoms with E-state index in [2.05, 4.69) is 0 Å². The van der Waals surface area contributed by atoms with Crippen molar-refractivity contribution in [3.63, 3.8) is 0 Å². The van der Waals surface area contributed by atoms with Crippen LogP contribution in [0.3, 0.4) is 0 Å². The van der Waals surface area contributed by atoms with Crippen LogP contribution >= 0.6 is 23.4 Å². The average Bonchev–Trinajstić information content (AvgIpc) is 3.10. The molecule has 3 amide bonds. The summed E-state index contributed by atoms with van der Waals surface area (Å²) in [6.07, 6.45) is 7.92. The predicted octanol–water partition coefficient (Wildman–Crippen LogP) is 2.98. The molecule has 1 aromatic carbocycles. The molecule has 1 aromatic rings. The normalized spacial score (nSPS) is 34.6. The largest absolute Gasteiger partial charge is 0.394 e. The smallest absolute Gasteiger partial charge is 0.251 e. The van der Waals surface area contributed by atoms with Crippen LogP contribution in [0.5, 0.6) is 0 Å². The zero-order valence-corrected chi connectivity index (χ0v) is 22.5. The van der Waals surface area contributed by atoms with E-state index in [4.69, 9.17) is 11.6 Å². The standard InChI is InChI=1S/C27H32ClN3O4S/c1-16(2)19(15-32)31-22-25(35)30(18-10-6-5-9-17(18)28)14-8-12-27(22)21(24(31)34)20-23(33)29(4)13-7-11-26(20,3)36-27/h5-12,16,19-22,32H,13-15H2,1-4H3/t19-,20-,21-,22?,26+,27-/m0/s1. The first-order valence-electron chi connectivity index (χ1n) is 12.4. The van der Waals surface area contributed by atoms with Crippen LogP contribution in [0.25, 0.3) is 0 Å². The van der Waals surface area contributed by atoms with Gasteiger partial charge in [-0.2, -0.15) is 0 Å². The van der Waals surface area contributed by atoms with E-state index < -0.39 is 33.4 Å². The molecule has 0 bridgehead atoms. The van der Waals surface area contributed by atoms with E-state index >= 15 is 0 Å². The van der Waals surface area contributed by atoms with Crippen LogP contribution in [0.4, 0.5) is 5.69 Å². The number of thioether (sulfide) groups is 1. The Hall–Kier alpha value is -2.29. The van der Waals surface area contributed by atoms with E-state index in [1.54, 1.807) is 33.9 Å². The van der Waals surface area contributed by atoms with Crippen molar-refractivity contribution in [1.29, 1.82) is 0 Å². The van der Waals surface area contributed by atoms with Gasteiger partial charge in [0.25, 0.3) is 5.91 Å². The molecule has 2 fully saturated rings. The molecular formula is C27H32ClN3O4S. The number of halogens is 1. The van der Waals surface area contributed by atoms with Crippen LogP contribution in [0.2, 0.25) is 5.02 Å². The Morgan fingerprint density at radius 3 is 2.42 bits per heavy atom. The third-order valence-electron chi connectivity index (χ3n) is 8.15. The number of carbonyl (C=O) groups is 3. The molecule has 2 saturated heterocycles. The molecular weight excluding hydrogens is 498 g/mol. The van der Waals surface area contributed by atoms with Crippen molar-refractivity contribution in [2.24, 2.45) is 17.8 Å². The number of hydrogen-bond donors (Lipinski definition) is 1. The van der Waals surface area contributed by atoms with Crippen molar-refractivity contribution in [3.8, 4) is 0 Å². The number of carbonyl (C=O) groups excluding carboxylic acids is 3. The number of aliphatic hydroxyl groups is 1. The molecule has 0 saturated carbocycles. The van der Waals surface area contributed by atoms with E-state index in [0.29, 0.717) is 23.8 Å². The van der Waals surface area contributed by atoms with Gasteiger partial charge in [-0.3, -0.25) is 14.4 Å². The fraction of sp³-hybridized carbons (Fsp3) is 0.519. The minimum atomic E-state index is -0.954. The number of nitrogens with zero attached hydrogens (tertiary/aromatic N) is 3. The number of likely N-dealkylation sites (tertiary alicyclic amines) is 1. The van der Waals surface area contributed by atoms with Gasteiger partial charge in [0.2, 0.25) is 11.8 Å². The van der Waals surface area contributed by atoms with Crippen LogP contribution in [-0.4, -0.2) is 80.9 Å². The van der Waals surface area contributed by atoms with Crippen molar-refractivity contribution < 1.29 is 19.5 Å². The van der Waals surface area contributed by atoms with Crippen molar-refractivity contribution >= 4 is 46.8 Å². The Bertz CT molecular complexity index is 1170. The number of amides is 3. The quantitative estimate of drug-likeness (QED) is 0.606. The molecule has 1 unspecified atom stereocenters. The lowest BCUT2D eigenvalue weighted by Crippen LogP contribution is -2.58. The van der Waals surface area contributed by atoms with Gasteiger partial charge in [0.05, 0.1) is 39.9 Å². The highest BCUT2D eigenvalue weighted by molar-refractivity contribution is 8.02. The molecule has 7 nitrogen and oxygen atoms in total. The van der Waals surface area contributed by atoms with Gasteiger partial charge in [0, 0.05) is 24.9 Å². The molecule has 9 heteroatoms. The van der Waals surface area contributed by atoms with E-state index in [9.17, 15) is 19.5 Å². The zero-order chi connectivity index (χ0) is 26.0. The monoisotopic (exact) mass is 529 g/mol. The number of benzene rings is 1. The zero-order valence-electron chi connectivity index (χ0n) is 20.9. The second kappa shape index (κ2) is 8.92. The Balaban J connectivity index is 1.71. The van der Waals surface area contributed by atoms with Gasteiger partial charge < -0.3 is 19.8 Å². The maximum atomic E-state index is 14.5. The molecule has 192 valence electrons. The van der Waals surface area contributed by atoms with Gasteiger partial charge in [-0.05, 0) is 25.0 Å². The SMILES string of the molecule is CC(C)[C@H](CO)N1C(=O)[C@@H]2[C@H]3C(=O)N(C)CC=C[C@@]3(C)S[C@@]23C=CCN(c2ccccc2Cl)C(=O)C13. The van der Waals surface area contributed by atoms with Gasteiger partial charge in [-0.25, -0.2) is 0 Å². The summed E-state index contributed by atoms with van der Waals surface area (Å²) in [5.74, 6) is -2.03. The molecule has 5 rings (SSSR count). The predicted molar refractivity (Wildman–Crippen MR) is 142 cm³/mol. The molecule has 4 aliphatic heterocycles. The summed E-state index contributed by atoms with van der Waals surface area (Å²) >= 11 is 8.04. The Kier molecular flexibility index (Phi) is 6.29. The van der Waals surface area contributed by atoms with Gasteiger partial charge in [-0.1, -0.05) is 61.9 Å². The summed E-state index contributed by atoms with van der Waals surface area (Å²) in [5, 5.41) is 10.8.